The van der Waals surface area contributed by atoms with Gasteiger partial charge in [0.15, 0.2) is 5.82 Å². The smallest absolute Gasteiger partial charge is 0.231 e. The zero-order chi connectivity index (χ0) is 17.9. The zero-order valence-corrected chi connectivity index (χ0v) is 15.5. The molecule has 2 aromatic heterocycles. The Morgan fingerprint density at radius 2 is 2.12 bits per heavy atom. The van der Waals surface area contributed by atoms with E-state index in [2.05, 4.69) is 47.4 Å². The minimum atomic E-state index is 0.0290. The Morgan fingerprint density at radius 3 is 2.88 bits per heavy atom. The highest BCUT2D eigenvalue weighted by Crippen LogP contribution is 2.27. The molecule has 0 aliphatic carbocycles. The number of likely N-dealkylation sites (tertiary alicyclic amines) is 1. The van der Waals surface area contributed by atoms with Gasteiger partial charge in [0.2, 0.25) is 11.8 Å². The Hall–Kier alpha value is -2.47. The van der Waals surface area contributed by atoms with Crippen LogP contribution >= 0.6 is 11.3 Å². The van der Waals surface area contributed by atoms with E-state index in [0.717, 1.165) is 13.0 Å². The summed E-state index contributed by atoms with van der Waals surface area (Å²) in [5.41, 5.74) is 2.51. The lowest BCUT2D eigenvalue weighted by Crippen LogP contribution is -2.27. The average molecular weight is 367 g/mol. The van der Waals surface area contributed by atoms with E-state index in [9.17, 15) is 4.79 Å². The van der Waals surface area contributed by atoms with Crippen LogP contribution in [0.2, 0.25) is 0 Å². The van der Waals surface area contributed by atoms with Crippen molar-refractivity contribution in [2.75, 3.05) is 13.1 Å². The van der Waals surface area contributed by atoms with Gasteiger partial charge in [-0.25, -0.2) is 0 Å². The largest absolute Gasteiger partial charge is 0.342 e. The van der Waals surface area contributed by atoms with Crippen molar-refractivity contribution in [2.45, 2.75) is 32.1 Å². The SMILES string of the molecule is Cc1ccc(CCN2CC(c3noc(Cc4cccs4)n3)CC2=O)cc1. The number of aromatic nitrogens is 2. The molecule has 1 aromatic carbocycles. The number of thiophene rings is 1. The van der Waals surface area contributed by atoms with Crippen LogP contribution in [0, 0.1) is 6.92 Å². The quantitative estimate of drug-likeness (QED) is 0.668. The number of benzene rings is 1. The van der Waals surface area contributed by atoms with Crippen molar-refractivity contribution in [2.24, 2.45) is 0 Å². The van der Waals surface area contributed by atoms with Crippen LogP contribution in [0.1, 0.15) is 40.1 Å². The first-order valence-electron chi connectivity index (χ1n) is 8.85. The molecule has 6 heteroatoms. The van der Waals surface area contributed by atoms with Crippen LogP contribution in [-0.2, 0) is 17.6 Å². The molecule has 1 atom stereocenters. The monoisotopic (exact) mass is 367 g/mol. The third-order valence-electron chi connectivity index (χ3n) is 4.76. The average Bonchev–Trinajstić information content (AvgIpc) is 3.37. The first-order chi connectivity index (χ1) is 12.7. The molecule has 0 saturated carbocycles. The van der Waals surface area contributed by atoms with Crippen molar-refractivity contribution in [1.29, 1.82) is 0 Å². The van der Waals surface area contributed by atoms with E-state index in [1.54, 1.807) is 11.3 Å². The predicted octanol–water partition coefficient (Wildman–Crippen LogP) is 3.59. The Labute approximate surface area is 156 Å². The molecular formula is C20H21N3O2S. The number of aryl methyl sites for hydroxylation is 1. The Morgan fingerprint density at radius 1 is 1.27 bits per heavy atom. The van der Waals surface area contributed by atoms with Crippen LogP contribution in [0.25, 0.3) is 0 Å². The molecule has 3 aromatic rings. The van der Waals surface area contributed by atoms with Crippen molar-refractivity contribution >= 4 is 17.2 Å². The summed E-state index contributed by atoms with van der Waals surface area (Å²) in [4.78, 5) is 20.0. The fourth-order valence-corrected chi connectivity index (χ4v) is 3.94. The summed E-state index contributed by atoms with van der Waals surface area (Å²) >= 11 is 1.68. The third-order valence-corrected chi connectivity index (χ3v) is 5.64. The van der Waals surface area contributed by atoms with Gasteiger partial charge in [-0.3, -0.25) is 4.79 Å². The van der Waals surface area contributed by atoms with Crippen molar-refractivity contribution in [3.8, 4) is 0 Å². The van der Waals surface area contributed by atoms with E-state index in [4.69, 9.17) is 4.52 Å². The lowest BCUT2D eigenvalue weighted by molar-refractivity contribution is -0.127. The maximum atomic E-state index is 12.3. The van der Waals surface area contributed by atoms with E-state index in [0.29, 0.717) is 31.1 Å². The molecule has 0 radical (unpaired) electrons. The molecule has 3 heterocycles. The second-order valence-corrected chi connectivity index (χ2v) is 7.81. The predicted molar refractivity (Wildman–Crippen MR) is 100 cm³/mol. The van der Waals surface area contributed by atoms with Crippen molar-refractivity contribution < 1.29 is 9.32 Å². The highest BCUT2D eigenvalue weighted by molar-refractivity contribution is 7.09. The summed E-state index contributed by atoms with van der Waals surface area (Å²) in [6, 6.07) is 12.5. The van der Waals surface area contributed by atoms with Crippen LogP contribution in [0.4, 0.5) is 0 Å². The van der Waals surface area contributed by atoms with Gasteiger partial charge in [-0.1, -0.05) is 41.1 Å². The molecule has 1 unspecified atom stereocenters. The Kier molecular flexibility index (Phi) is 4.84. The third kappa shape index (κ3) is 3.85. The molecule has 5 nitrogen and oxygen atoms in total. The summed E-state index contributed by atoms with van der Waals surface area (Å²) < 4.78 is 5.38. The minimum Gasteiger partial charge on any atom is -0.342 e. The number of carbonyl (C=O) groups is 1. The van der Waals surface area contributed by atoms with E-state index >= 15 is 0 Å². The molecule has 1 aliphatic rings. The fraction of sp³-hybridized carbons (Fsp3) is 0.350. The summed E-state index contributed by atoms with van der Waals surface area (Å²) in [5, 5.41) is 6.15. The highest BCUT2D eigenvalue weighted by Gasteiger charge is 2.33. The van der Waals surface area contributed by atoms with Crippen LogP contribution in [0.5, 0.6) is 0 Å². The van der Waals surface area contributed by atoms with E-state index in [1.807, 2.05) is 16.3 Å². The summed E-state index contributed by atoms with van der Waals surface area (Å²) in [6.07, 6.45) is 1.99. The van der Waals surface area contributed by atoms with Gasteiger partial charge in [0.1, 0.15) is 0 Å². The Bertz CT molecular complexity index is 871. The van der Waals surface area contributed by atoms with Gasteiger partial charge in [-0.2, -0.15) is 4.98 Å². The second-order valence-electron chi connectivity index (χ2n) is 6.78. The first-order valence-corrected chi connectivity index (χ1v) is 9.73. The molecule has 1 fully saturated rings. The van der Waals surface area contributed by atoms with Gasteiger partial charge in [0, 0.05) is 30.3 Å². The van der Waals surface area contributed by atoms with Crippen LogP contribution < -0.4 is 0 Å². The van der Waals surface area contributed by atoms with Gasteiger partial charge in [-0.15, -0.1) is 11.3 Å². The van der Waals surface area contributed by atoms with Gasteiger partial charge in [0.25, 0.3) is 0 Å². The van der Waals surface area contributed by atoms with Gasteiger partial charge in [-0.05, 0) is 30.4 Å². The van der Waals surface area contributed by atoms with Gasteiger partial charge < -0.3 is 9.42 Å². The van der Waals surface area contributed by atoms with Crippen molar-refractivity contribution in [1.82, 2.24) is 15.0 Å². The van der Waals surface area contributed by atoms with Gasteiger partial charge in [0.05, 0.1) is 6.42 Å². The lowest BCUT2D eigenvalue weighted by Gasteiger charge is -2.16. The Balaban J connectivity index is 1.35. The van der Waals surface area contributed by atoms with Crippen LogP contribution in [0.3, 0.4) is 0 Å². The van der Waals surface area contributed by atoms with E-state index < -0.39 is 0 Å². The maximum absolute atomic E-state index is 12.3. The lowest BCUT2D eigenvalue weighted by atomic mass is 10.1. The number of hydrogen-bond donors (Lipinski definition) is 0. The molecule has 4 rings (SSSR count). The second kappa shape index (κ2) is 7.41. The van der Waals surface area contributed by atoms with E-state index in [1.165, 1.54) is 16.0 Å². The molecule has 1 saturated heterocycles. The van der Waals surface area contributed by atoms with Gasteiger partial charge >= 0.3 is 0 Å². The zero-order valence-electron chi connectivity index (χ0n) is 14.7. The molecule has 0 N–H and O–H groups in total. The first kappa shape index (κ1) is 17.0. The standard InChI is InChI=1S/C20H21N3O2S/c1-14-4-6-15(7-5-14)8-9-23-13-16(11-19(23)24)20-21-18(25-22-20)12-17-3-2-10-26-17/h2-7,10,16H,8-9,11-13H2,1H3. The van der Waals surface area contributed by atoms with Crippen molar-refractivity contribution in [3.05, 3.63) is 69.5 Å². The molecule has 134 valence electrons. The number of amides is 1. The van der Waals surface area contributed by atoms with Crippen LogP contribution in [-0.4, -0.2) is 34.0 Å². The van der Waals surface area contributed by atoms with E-state index in [-0.39, 0.29) is 11.8 Å². The number of carbonyl (C=O) groups excluding carboxylic acids is 1. The maximum Gasteiger partial charge on any atom is 0.231 e. The highest BCUT2D eigenvalue weighted by atomic mass is 32.1. The number of hydrogen-bond acceptors (Lipinski definition) is 5. The summed E-state index contributed by atoms with van der Waals surface area (Å²) in [7, 11) is 0. The number of nitrogens with zero attached hydrogens (tertiary/aromatic N) is 3. The molecular weight excluding hydrogens is 346 g/mol. The van der Waals surface area contributed by atoms with Crippen molar-refractivity contribution in [3.63, 3.8) is 0 Å². The van der Waals surface area contributed by atoms with Crippen LogP contribution in [0.15, 0.2) is 46.3 Å². The molecule has 1 aliphatic heterocycles. The molecule has 0 spiro atoms. The minimum absolute atomic E-state index is 0.0290. The molecule has 1 amide bonds. The number of rotatable bonds is 6. The summed E-state index contributed by atoms with van der Waals surface area (Å²) in [6.45, 7) is 3.48. The normalized spacial score (nSPS) is 17.2. The summed E-state index contributed by atoms with van der Waals surface area (Å²) in [5.74, 6) is 1.48. The fourth-order valence-electron chi connectivity index (χ4n) is 3.25. The molecule has 26 heavy (non-hydrogen) atoms. The molecule has 0 bridgehead atoms. The topological polar surface area (TPSA) is 59.2 Å².